The molecule has 24 heavy (non-hydrogen) atoms. The van der Waals surface area contributed by atoms with Crippen molar-refractivity contribution in [1.29, 1.82) is 0 Å². The standard InChI is InChI=1S/C18H19NO5/c1-2-14-12(18(21)22)9-16(24-14)17(20)19-13-5-3-4-6-15(13)23-10-11-7-8-11/h3-6,9,11H,2,7-8,10H2,1H3,(H,19,20)(H,21,22). The fourth-order valence-electron chi connectivity index (χ4n) is 2.36. The van der Waals surface area contributed by atoms with Crippen molar-refractivity contribution < 1.29 is 23.8 Å². The van der Waals surface area contributed by atoms with Gasteiger partial charge in [-0.3, -0.25) is 4.79 Å². The van der Waals surface area contributed by atoms with E-state index in [9.17, 15) is 9.59 Å². The van der Waals surface area contributed by atoms with Gasteiger partial charge >= 0.3 is 5.97 Å². The van der Waals surface area contributed by atoms with Crippen molar-refractivity contribution in [2.45, 2.75) is 26.2 Å². The zero-order valence-corrected chi connectivity index (χ0v) is 13.4. The van der Waals surface area contributed by atoms with Gasteiger partial charge in [0.1, 0.15) is 17.1 Å². The fraction of sp³-hybridized carbons (Fsp3) is 0.333. The smallest absolute Gasteiger partial charge is 0.339 e. The molecule has 1 aliphatic carbocycles. The Kier molecular flexibility index (Phi) is 4.55. The number of rotatable bonds is 7. The van der Waals surface area contributed by atoms with E-state index in [2.05, 4.69) is 5.32 Å². The van der Waals surface area contributed by atoms with E-state index in [4.69, 9.17) is 14.3 Å². The van der Waals surface area contributed by atoms with Gasteiger partial charge in [-0.2, -0.15) is 0 Å². The van der Waals surface area contributed by atoms with Gasteiger partial charge in [-0.1, -0.05) is 19.1 Å². The lowest BCUT2D eigenvalue weighted by atomic mass is 10.2. The third-order valence-corrected chi connectivity index (χ3v) is 3.89. The second kappa shape index (κ2) is 6.78. The summed E-state index contributed by atoms with van der Waals surface area (Å²) in [4.78, 5) is 23.5. The van der Waals surface area contributed by atoms with Crippen LogP contribution in [0, 0.1) is 5.92 Å². The highest BCUT2D eigenvalue weighted by Crippen LogP contribution is 2.32. The first-order valence-corrected chi connectivity index (χ1v) is 7.97. The Morgan fingerprint density at radius 3 is 2.71 bits per heavy atom. The number of carbonyl (C=O) groups is 2. The van der Waals surface area contributed by atoms with Crippen molar-refractivity contribution in [3.63, 3.8) is 0 Å². The van der Waals surface area contributed by atoms with E-state index in [0.717, 1.165) is 0 Å². The summed E-state index contributed by atoms with van der Waals surface area (Å²) in [5, 5.41) is 11.9. The minimum absolute atomic E-state index is 0.0147. The average molecular weight is 329 g/mol. The van der Waals surface area contributed by atoms with Crippen LogP contribution < -0.4 is 10.1 Å². The lowest BCUT2D eigenvalue weighted by Crippen LogP contribution is -2.12. The van der Waals surface area contributed by atoms with Gasteiger partial charge in [0, 0.05) is 12.5 Å². The summed E-state index contributed by atoms with van der Waals surface area (Å²) >= 11 is 0. The van der Waals surface area contributed by atoms with Crippen LogP contribution in [0.1, 0.15) is 46.4 Å². The zero-order valence-electron chi connectivity index (χ0n) is 13.4. The van der Waals surface area contributed by atoms with Crippen LogP contribution in [0.25, 0.3) is 0 Å². The molecule has 3 rings (SSSR count). The third-order valence-electron chi connectivity index (χ3n) is 3.89. The number of carbonyl (C=O) groups excluding carboxylic acids is 1. The largest absolute Gasteiger partial charge is 0.491 e. The number of furan rings is 1. The number of benzene rings is 1. The van der Waals surface area contributed by atoms with Crippen molar-refractivity contribution in [2.24, 2.45) is 5.92 Å². The highest BCUT2D eigenvalue weighted by molar-refractivity contribution is 6.04. The molecule has 0 saturated heterocycles. The summed E-state index contributed by atoms with van der Waals surface area (Å²) in [6.07, 6.45) is 2.76. The summed E-state index contributed by atoms with van der Waals surface area (Å²) in [6.45, 7) is 2.41. The monoisotopic (exact) mass is 329 g/mol. The number of hydrogen-bond acceptors (Lipinski definition) is 4. The molecule has 1 aliphatic rings. The first-order valence-electron chi connectivity index (χ1n) is 7.97. The highest BCUT2D eigenvalue weighted by atomic mass is 16.5. The molecule has 0 spiro atoms. The van der Waals surface area contributed by atoms with E-state index in [1.165, 1.54) is 18.9 Å². The molecule has 0 radical (unpaired) electrons. The molecule has 1 aromatic heterocycles. The molecule has 0 aliphatic heterocycles. The van der Waals surface area contributed by atoms with Gasteiger partial charge in [-0.25, -0.2) is 4.79 Å². The first-order chi connectivity index (χ1) is 11.6. The van der Waals surface area contributed by atoms with E-state index < -0.39 is 11.9 Å². The molecule has 2 N–H and O–H groups in total. The van der Waals surface area contributed by atoms with Gasteiger partial charge in [0.15, 0.2) is 5.76 Å². The van der Waals surface area contributed by atoms with E-state index in [1.807, 2.05) is 6.07 Å². The Labute approximate surface area is 139 Å². The molecule has 0 unspecified atom stereocenters. The number of para-hydroxylation sites is 2. The van der Waals surface area contributed by atoms with Gasteiger partial charge in [0.25, 0.3) is 5.91 Å². The molecule has 2 aromatic rings. The minimum atomic E-state index is -1.11. The molecular weight excluding hydrogens is 310 g/mol. The van der Waals surface area contributed by atoms with E-state index >= 15 is 0 Å². The van der Waals surface area contributed by atoms with E-state index in [-0.39, 0.29) is 17.1 Å². The van der Waals surface area contributed by atoms with Crippen LogP contribution >= 0.6 is 0 Å². The Bertz CT molecular complexity index is 761. The molecule has 1 aromatic carbocycles. The van der Waals surface area contributed by atoms with Crippen molar-refractivity contribution in [1.82, 2.24) is 0 Å². The van der Waals surface area contributed by atoms with Crippen LogP contribution in [0.15, 0.2) is 34.7 Å². The van der Waals surface area contributed by atoms with Gasteiger partial charge in [-0.15, -0.1) is 0 Å². The molecule has 0 bridgehead atoms. The molecular formula is C18H19NO5. The number of nitrogens with one attached hydrogen (secondary N) is 1. The van der Waals surface area contributed by atoms with Crippen molar-refractivity contribution >= 4 is 17.6 Å². The predicted molar refractivity (Wildman–Crippen MR) is 87.7 cm³/mol. The normalized spacial score (nSPS) is 13.5. The number of ether oxygens (including phenoxy) is 1. The number of carboxylic acid groups (broad SMARTS) is 1. The van der Waals surface area contributed by atoms with Crippen molar-refractivity contribution in [3.05, 3.63) is 47.4 Å². The second-order valence-corrected chi connectivity index (χ2v) is 5.81. The molecule has 1 amide bonds. The molecule has 126 valence electrons. The van der Waals surface area contributed by atoms with E-state index in [0.29, 0.717) is 30.4 Å². The lowest BCUT2D eigenvalue weighted by Gasteiger charge is -2.11. The topological polar surface area (TPSA) is 88.8 Å². The third kappa shape index (κ3) is 3.59. The van der Waals surface area contributed by atoms with Crippen LogP contribution in [-0.4, -0.2) is 23.6 Å². The highest BCUT2D eigenvalue weighted by Gasteiger charge is 2.23. The summed E-state index contributed by atoms with van der Waals surface area (Å²) < 4.78 is 11.1. The Hall–Kier alpha value is -2.76. The van der Waals surface area contributed by atoms with Gasteiger partial charge in [0.05, 0.1) is 12.3 Å². The second-order valence-electron chi connectivity index (χ2n) is 5.81. The van der Waals surface area contributed by atoms with E-state index in [1.54, 1.807) is 25.1 Å². The molecule has 6 heteroatoms. The number of aryl methyl sites for hydroxylation is 1. The number of hydrogen-bond donors (Lipinski definition) is 2. The van der Waals surface area contributed by atoms with Crippen molar-refractivity contribution in [2.75, 3.05) is 11.9 Å². The fourth-order valence-corrected chi connectivity index (χ4v) is 2.36. The van der Waals surface area contributed by atoms with Gasteiger partial charge < -0.3 is 19.6 Å². The van der Waals surface area contributed by atoms with Crippen LogP contribution in [0.3, 0.4) is 0 Å². The Morgan fingerprint density at radius 2 is 2.08 bits per heavy atom. The number of carboxylic acids is 1. The van der Waals surface area contributed by atoms with Gasteiger partial charge in [0.2, 0.25) is 0 Å². The SMILES string of the molecule is CCc1oc(C(=O)Nc2ccccc2OCC2CC2)cc1C(=O)O. The minimum Gasteiger partial charge on any atom is -0.491 e. The predicted octanol–water partition coefficient (Wildman–Crippen LogP) is 3.58. The Morgan fingerprint density at radius 1 is 1.33 bits per heavy atom. The number of aromatic carboxylic acids is 1. The molecule has 6 nitrogen and oxygen atoms in total. The quantitative estimate of drug-likeness (QED) is 0.810. The van der Waals surface area contributed by atoms with Crippen LogP contribution in [0.2, 0.25) is 0 Å². The van der Waals surface area contributed by atoms with Crippen LogP contribution in [0.4, 0.5) is 5.69 Å². The first kappa shape index (κ1) is 16.1. The average Bonchev–Trinajstić information content (AvgIpc) is 3.29. The summed E-state index contributed by atoms with van der Waals surface area (Å²) in [6, 6.07) is 8.41. The Balaban J connectivity index is 1.76. The zero-order chi connectivity index (χ0) is 17.1. The summed E-state index contributed by atoms with van der Waals surface area (Å²) in [5.74, 6) is -0.155. The maximum Gasteiger partial charge on any atom is 0.339 e. The maximum atomic E-state index is 12.4. The molecule has 1 heterocycles. The maximum absolute atomic E-state index is 12.4. The summed E-state index contributed by atoms with van der Waals surface area (Å²) in [7, 11) is 0. The van der Waals surface area contributed by atoms with Crippen molar-refractivity contribution in [3.8, 4) is 5.75 Å². The molecule has 0 atom stereocenters. The number of amides is 1. The molecule has 1 fully saturated rings. The van der Waals surface area contributed by atoms with Gasteiger partial charge in [-0.05, 0) is 30.9 Å². The number of anilines is 1. The summed E-state index contributed by atoms with van der Waals surface area (Å²) in [5.41, 5.74) is 0.551. The van der Waals surface area contributed by atoms with Crippen LogP contribution in [-0.2, 0) is 6.42 Å². The molecule has 1 saturated carbocycles. The lowest BCUT2D eigenvalue weighted by molar-refractivity contribution is 0.0694. The van der Waals surface area contributed by atoms with Crippen LogP contribution in [0.5, 0.6) is 5.75 Å².